The molecule has 0 saturated heterocycles. The van der Waals surface area contributed by atoms with Crippen molar-refractivity contribution >= 4 is 11.6 Å². The Kier molecular flexibility index (Phi) is 3.93. The van der Waals surface area contributed by atoms with Gasteiger partial charge in [0.1, 0.15) is 12.1 Å². The van der Waals surface area contributed by atoms with E-state index in [9.17, 15) is 9.18 Å². The number of benzene rings is 1. The summed E-state index contributed by atoms with van der Waals surface area (Å²) in [5.74, 6) is -0.772. The van der Waals surface area contributed by atoms with E-state index in [-0.39, 0.29) is 12.5 Å². The first kappa shape index (κ1) is 13.9. The number of aryl methyl sites for hydroxylation is 2. The van der Waals surface area contributed by atoms with Gasteiger partial charge in [-0.25, -0.2) is 14.4 Å². The van der Waals surface area contributed by atoms with Gasteiger partial charge < -0.3 is 11.1 Å². The van der Waals surface area contributed by atoms with Crippen LogP contribution in [0.25, 0.3) is 0 Å². The van der Waals surface area contributed by atoms with E-state index in [4.69, 9.17) is 5.73 Å². The summed E-state index contributed by atoms with van der Waals surface area (Å²) >= 11 is 0. The van der Waals surface area contributed by atoms with Crippen LogP contribution in [-0.4, -0.2) is 15.9 Å². The number of nitrogens with two attached hydrogens (primary N) is 1. The van der Waals surface area contributed by atoms with Gasteiger partial charge in [-0.15, -0.1) is 0 Å². The molecule has 0 saturated carbocycles. The van der Waals surface area contributed by atoms with Crippen LogP contribution in [0.1, 0.15) is 27.2 Å². The van der Waals surface area contributed by atoms with Gasteiger partial charge in [0.2, 0.25) is 0 Å². The third kappa shape index (κ3) is 2.90. The summed E-state index contributed by atoms with van der Waals surface area (Å²) in [5.41, 5.74) is 8.12. The van der Waals surface area contributed by atoms with Gasteiger partial charge >= 0.3 is 0 Å². The Morgan fingerprint density at radius 2 is 2.15 bits per heavy atom. The number of carbonyl (C=O) groups is 1. The molecule has 1 aromatic heterocycles. The van der Waals surface area contributed by atoms with Crippen molar-refractivity contribution in [1.29, 1.82) is 0 Å². The van der Waals surface area contributed by atoms with E-state index in [0.717, 1.165) is 5.56 Å². The Bertz CT molecular complexity index is 658. The van der Waals surface area contributed by atoms with Crippen molar-refractivity contribution in [3.05, 3.63) is 52.9 Å². The molecular formula is C14H15FN4O. The van der Waals surface area contributed by atoms with Crippen LogP contribution in [0.2, 0.25) is 0 Å². The smallest absolute Gasteiger partial charge is 0.254 e. The Balaban J connectivity index is 2.12. The number of carbonyl (C=O) groups excluding carboxylic acids is 1. The molecule has 0 unspecified atom stereocenters. The lowest BCUT2D eigenvalue weighted by Gasteiger charge is -2.09. The molecule has 2 aromatic rings. The average molecular weight is 274 g/mol. The molecule has 1 amide bonds. The minimum atomic E-state index is -0.436. The van der Waals surface area contributed by atoms with E-state index < -0.39 is 5.82 Å². The Hall–Kier alpha value is -2.50. The molecule has 6 heteroatoms. The van der Waals surface area contributed by atoms with Crippen LogP contribution in [0, 0.1) is 19.7 Å². The summed E-state index contributed by atoms with van der Waals surface area (Å²) in [7, 11) is 0. The molecule has 0 spiro atoms. The highest BCUT2D eigenvalue weighted by molar-refractivity contribution is 5.94. The highest BCUT2D eigenvalue weighted by Crippen LogP contribution is 2.17. The number of hydrogen-bond acceptors (Lipinski definition) is 4. The molecule has 0 aliphatic rings. The molecule has 2 rings (SSSR count). The number of hydrogen-bond donors (Lipinski definition) is 2. The monoisotopic (exact) mass is 274 g/mol. The molecule has 1 heterocycles. The third-order valence-corrected chi connectivity index (χ3v) is 3.03. The summed E-state index contributed by atoms with van der Waals surface area (Å²) in [5, 5.41) is 2.64. The van der Waals surface area contributed by atoms with E-state index in [0.29, 0.717) is 22.5 Å². The van der Waals surface area contributed by atoms with E-state index in [2.05, 4.69) is 15.3 Å². The van der Waals surface area contributed by atoms with Gasteiger partial charge in [0.05, 0.1) is 11.3 Å². The van der Waals surface area contributed by atoms with Crippen LogP contribution in [0.15, 0.2) is 24.7 Å². The minimum Gasteiger partial charge on any atom is -0.398 e. The van der Waals surface area contributed by atoms with Gasteiger partial charge in [0.25, 0.3) is 5.91 Å². The number of nitrogens with zero attached hydrogens (tertiary/aromatic N) is 2. The fraction of sp³-hybridized carbons (Fsp3) is 0.214. The van der Waals surface area contributed by atoms with Crippen molar-refractivity contribution in [2.45, 2.75) is 20.4 Å². The largest absolute Gasteiger partial charge is 0.398 e. The molecule has 0 aliphatic heterocycles. The highest BCUT2D eigenvalue weighted by Gasteiger charge is 2.11. The molecule has 0 bridgehead atoms. The lowest BCUT2D eigenvalue weighted by Crippen LogP contribution is -2.24. The minimum absolute atomic E-state index is 0.0835. The molecule has 0 radical (unpaired) electrons. The normalized spacial score (nSPS) is 10.3. The zero-order chi connectivity index (χ0) is 14.7. The first-order valence-corrected chi connectivity index (χ1v) is 6.08. The van der Waals surface area contributed by atoms with Gasteiger partial charge in [-0.3, -0.25) is 4.79 Å². The van der Waals surface area contributed by atoms with Crippen LogP contribution in [0.5, 0.6) is 0 Å². The highest BCUT2D eigenvalue weighted by atomic mass is 19.1. The predicted molar refractivity (Wildman–Crippen MR) is 73.5 cm³/mol. The van der Waals surface area contributed by atoms with Crippen LogP contribution in [0.4, 0.5) is 10.1 Å². The van der Waals surface area contributed by atoms with Crippen molar-refractivity contribution in [2.75, 3.05) is 5.73 Å². The van der Waals surface area contributed by atoms with E-state index in [1.807, 2.05) is 0 Å². The van der Waals surface area contributed by atoms with Gasteiger partial charge in [-0.2, -0.15) is 0 Å². The Morgan fingerprint density at radius 3 is 2.85 bits per heavy atom. The van der Waals surface area contributed by atoms with Gasteiger partial charge in [0, 0.05) is 24.0 Å². The van der Waals surface area contributed by atoms with Crippen LogP contribution in [-0.2, 0) is 6.54 Å². The number of halogens is 1. The fourth-order valence-electron chi connectivity index (χ4n) is 1.78. The number of nitrogens with one attached hydrogen (secondary N) is 1. The van der Waals surface area contributed by atoms with Crippen molar-refractivity contribution in [1.82, 2.24) is 15.3 Å². The predicted octanol–water partition coefficient (Wildman–Crippen LogP) is 1.74. The van der Waals surface area contributed by atoms with Crippen molar-refractivity contribution in [3.63, 3.8) is 0 Å². The SMILES string of the molecule is Cc1cc(CNC(=O)c2cncnc2C)c(F)cc1N. The molecule has 0 atom stereocenters. The van der Waals surface area contributed by atoms with E-state index in [1.165, 1.54) is 18.6 Å². The van der Waals surface area contributed by atoms with Crippen LogP contribution >= 0.6 is 0 Å². The molecule has 104 valence electrons. The van der Waals surface area contributed by atoms with Gasteiger partial charge in [-0.05, 0) is 31.5 Å². The Morgan fingerprint density at radius 1 is 1.40 bits per heavy atom. The quantitative estimate of drug-likeness (QED) is 0.835. The van der Waals surface area contributed by atoms with Gasteiger partial charge in [0.15, 0.2) is 0 Å². The lowest BCUT2D eigenvalue weighted by atomic mass is 10.1. The third-order valence-electron chi connectivity index (χ3n) is 3.03. The maximum atomic E-state index is 13.7. The zero-order valence-corrected chi connectivity index (χ0v) is 11.3. The molecule has 1 aromatic carbocycles. The van der Waals surface area contributed by atoms with Gasteiger partial charge in [-0.1, -0.05) is 0 Å². The second kappa shape index (κ2) is 5.64. The summed E-state index contributed by atoms with van der Waals surface area (Å²) in [6.07, 6.45) is 2.80. The van der Waals surface area contributed by atoms with E-state index in [1.54, 1.807) is 19.9 Å². The molecular weight excluding hydrogens is 259 g/mol. The molecule has 5 nitrogen and oxygen atoms in total. The van der Waals surface area contributed by atoms with Crippen molar-refractivity contribution in [3.8, 4) is 0 Å². The number of anilines is 1. The summed E-state index contributed by atoms with van der Waals surface area (Å²) in [6, 6.07) is 2.88. The lowest BCUT2D eigenvalue weighted by molar-refractivity contribution is 0.0949. The topological polar surface area (TPSA) is 80.9 Å². The van der Waals surface area contributed by atoms with Crippen LogP contribution in [0.3, 0.4) is 0 Å². The average Bonchev–Trinajstić information content (AvgIpc) is 2.41. The first-order valence-electron chi connectivity index (χ1n) is 6.08. The number of rotatable bonds is 3. The molecule has 0 fully saturated rings. The number of aromatic nitrogens is 2. The summed E-state index contributed by atoms with van der Waals surface area (Å²) < 4.78 is 13.7. The second-order valence-corrected chi connectivity index (χ2v) is 4.50. The standard InChI is InChI=1S/C14H15FN4O/c1-8-3-10(12(15)4-13(8)16)5-18-14(20)11-6-17-7-19-9(11)2/h3-4,6-7H,5,16H2,1-2H3,(H,18,20). The Labute approximate surface area is 116 Å². The number of nitrogen functional groups attached to an aromatic ring is 1. The van der Waals surface area contributed by atoms with Crippen LogP contribution < -0.4 is 11.1 Å². The number of amides is 1. The molecule has 20 heavy (non-hydrogen) atoms. The molecule has 3 N–H and O–H groups in total. The molecule has 0 aliphatic carbocycles. The van der Waals surface area contributed by atoms with Crippen molar-refractivity contribution < 1.29 is 9.18 Å². The summed E-state index contributed by atoms with van der Waals surface area (Å²) in [6.45, 7) is 3.58. The maximum Gasteiger partial charge on any atom is 0.254 e. The maximum absolute atomic E-state index is 13.7. The zero-order valence-electron chi connectivity index (χ0n) is 11.3. The second-order valence-electron chi connectivity index (χ2n) is 4.50. The summed E-state index contributed by atoms with van der Waals surface area (Å²) in [4.78, 5) is 19.7. The van der Waals surface area contributed by atoms with E-state index >= 15 is 0 Å². The fourth-order valence-corrected chi connectivity index (χ4v) is 1.78. The first-order chi connectivity index (χ1) is 9.49. The van der Waals surface area contributed by atoms with Crippen molar-refractivity contribution in [2.24, 2.45) is 0 Å².